The first kappa shape index (κ1) is 14.5. The van der Waals surface area contributed by atoms with E-state index in [1.54, 1.807) is 11.3 Å². The van der Waals surface area contributed by atoms with Gasteiger partial charge in [-0.25, -0.2) is 4.98 Å². The van der Waals surface area contributed by atoms with Crippen LogP contribution in [-0.4, -0.2) is 30.5 Å². The van der Waals surface area contributed by atoms with Gasteiger partial charge in [-0.3, -0.25) is 4.79 Å². The highest BCUT2D eigenvalue weighted by Crippen LogP contribution is 2.21. The molecule has 112 valence electrons. The average Bonchev–Trinajstić information content (AvgIpc) is 3.14. The first-order valence-corrected chi connectivity index (χ1v) is 8.45. The van der Waals surface area contributed by atoms with Crippen molar-refractivity contribution in [2.24, 2.45) is 5.92 Å². The zero-order valence-electron chi connectivity index (χ0n) is 12.1. The van der Waals surface area contributed by atoms with E-state index in [-0.39, 0.29) is 5.91 Å². The van der Waals surface area contributed by atoms with Gasteiger partial charge in [0.05, 0.1) is 15.2 Å². The molecule has 1 aromatic heterocycles. The molecule has 1 aliphatic heterocycles. The molecule has 1 aliphatic rings. The van der Waals surface area contributed by atoms with Crippen molar-refractivity contribution in [3.8, 4) is 0 Å². The maximum absolute atomic E-state index is 11.8. The first-order chi connectivity index (χ1) is 10.3. The molecule has 0 radical (unpaired) electrons. The van der Waals surface area contributed by atoms with Crippen molar-refractivity contribution in [3.63, 3.8) is 0 Å². The van der Waals surface area contributed by atoms with Crippen LogP contribution in [0.25, 0.3) is 10.2 Å². The van der Waals surface area contributed by atoms with Gasteiger partial charge in [0.2, 0.25) is 5.91 Å². The van der Waals surface area contributed by atoms with Crippen LogP contribution in [0.15, 0.2) is 24.3 Å². The summed E-state index contributed by atoms with van der Waals surface area (Å²) in [6.45, 7) is 2.85. The van der Waals surface area contributed by atoms with Gasteiger partial charge in [-0.15, -0.1) is 11.3 Å². The standard InChI is InChI=1S/C16H21N3OS/c20-15(6-5-12-7-9-17-11-12)18-10-8-16-19-13-3-1-2-4-14(13)21-16/h1-4,12,17H,5-11H2,(H,18,20). The largest absolute Gasteiger partial charge is 0.356 e. The van der Waals surface area contributed by atoms with Crippen molar-refractivity contribution >= 4 is 27.5 Å². The number of fused-ring (bicyclic) bond motifs is 1. The number of amides is 1. The summed E-state index contributed by atoms with van der Waals surface area (Å²) in [5, 5.41) is 7.44. The molecule has 0 saturated carbocycles. The monoisotopic (exact) mass is 303 g/mol. The summed E-state index contributed by atoms with van der Waals surface area (Å²) < 4.78 is 1.22. The summed E-state index contributed by atoms with van der Waals surface area (Å²) >= 11 is 1.71. The number of nitrogens with one attached hydrogen (secondary N) is 2. The van der Waals surface area contributed by atoms with Gasteiger partial charge < -0.3 is 10.6 Å². The van der Waals surface area contributed by atoms with E-state index in [0.717, 1.165) is 36.5 Å². The molecule has 1 amide bonds. The molecule has 0 aliphatic carbocycles. The van der Waals surface area contributed by atoms with Crippen LogP contribution >= 0.6 is 11.3 Å². The highest BCUT2D eigenvalue weighted by atomic mass is 32.1. The Hall–Kier alpha value is -1.46. The Balaban J connectivity index is 1.39. The third-order valence-corrected chi connectivity index (χ3v) is 5.04. The van der Waals surface area contributed by atoms with Crippen molar-refractivity contribution in [2.75, 3.05) is 19.6 Å². The number of rotatable bonds is 6. The van der Waals surface area contributed by atoms with Gasteiger partial charge in [0.1, 0.15) is 0 Å². The van der Waals surface area contributed by atoms with Crippen LogP contribution in [0.5, 0.6) is 0 Å². The second-order valence-corrected chi connectivity index (χ2v) is 6.69. The number of thiazole rings is 1. The molecule has 2 N–H and O–H groups in total. The molecule has 21 heavy (non-hydrogen) atoms. The van der Waals surface area contributed by atoms with Gasteiger partial charge in [0, 0.05) is 19.4 Å². The summed E-state index contributed by atoms with van der Waals surface area (Å²) in [5.74, 6) is 0.850. The Labute approximate surface area is 129 Å². The fourth-order valence-electron chi connectivity index (χ4n) is 2.72. The van der Waals surface area contributed by atoms with Crippen LogP contribution in [0.4, 0.5) is 0 Å². The number of hydrogen-bond acceptors (Lipinski definition) is 4. The summed E-state index contributed by atoms with van der Waals surface area (Å²) in [5.41, 5.74) is 1.05. The van der Waals surface area contributed by atoms with Crippen molar-refractivity contribution in [1.82, 2.24) is 15.6 Å². The lowest BCUT2D eigenvalue weighted by Gasteiger charge is -2.08. The van der Waals surface area contributed by atoms with Gasteiger partial charge in [-0.2, -0.15) is 0 Å². The second-order valence-electron chi connectivity index (χ2n) is 5.57. The van der Waals surface area contributed by atoms with Crippen LogP contribution in [0.3, 0.4) is 0 Å². The molecule has 0 spiro atoms. The second kappa shape index (κ2) is 7.00. The lowest BCUT2D eigenvalue weighted by Crippen LogP contribution is -2.26. The van der Waals surface area contributed by atoms with Crippen LogP contribution in [0.1, 0.15) is 24.3 Å². The number of benzene rings is 1. The number of nitrogens with zero attached hydrogens (tertiary/aromatic N) is 1. The molecule has 2 aromatic rings. The number of carbonyl (C=O) groups excluding carboxylic acids is 1. The maximum atomic E-state index is 11.8. The maximum Gasteiger partial charge on any atom is 0.220 e. The van der Waals surface area contributed by atoms with E-state index in [1.807, 2.05) is 18.2 Å². The van der Waals surface area contributed by atoms with Gasteiger partial charge in [0.25, 0.3) is 0 Å². The Kier molecular flexibility index (Phi) is 4.83. The van der Waals surface area contributed by atoms with E-state index >= 15 is 0 Å². The van der Waals surface area contributed by atoms with E-state index in [1.165, 1.54) is 11.1 Å². The number of aromatic nitrogens is 1. The molecule has 2 heterocycles. The van der Waals surface area contributed by atoms with Crippen molar-refractivity contribution in [3.05, 3.63) is 29.3 Å². The zero-order chi connectivity index (χ0) is 14.5. The van der Waals surface area contributed by atoms with Crippen LogP contribution in [-0.2, 0) is 11.2 Å². The Morgan fingerprint density at radius 1 is 1.43 bits per heavy atom. The summed E-state index contributed by atoms with van der Waals surface area (Å²) in [6.07, 6.45) is 3.67. The highest BCUT2D eigenvalue weighted by molar-refractivity contribution is 7.18. The smallest absolute Gasteiger partial charge is 0.220 e. The predicted octanol–water partition coefficient (Wildman–Crippen LogP) is 2.34. The van der Waals surface area contributed by atoms with E-state index in [9.17, 15) is 4.79 Å². The Bertz CT molecular complexity index is 571. The summed E-state index contributed by atoms with van der Waals surface area (Å²) in [7, 11) is 0. The average molecular weight is 303 g/mol. The van der Waals surface area contributed by atoms with Crippen LogP contribution in [0.2, 0.25) is 0 Å². The molecule has 4 nitrogen and oxygen atoms in total. The predicted molar refractivity (Wildman–Crippen MR) is 86.5 cm³/mol. The molecule has 1 unspecified atom stereocenters. The summed E-state index contributed by atoms with van der Waals surface area (Å²) in [4.78, 5) is 16.4. The Morgan fingerprint density at radius 3 is 3.14 bits per heavy atom. The SMILES string of the molecule is O=C(CCC1CCNC1)NCCc1nc2ccccc2s1. The minimum absolute atomic E-state index is 0.169. The third-order valence-electron chi connectivity index (χ3n) is 3.94. The molecular formula is C16H21N3OS. The summed E-state index contributed by atoms with van der Waals surface area (Å²) in [6, 6.07) is 8.16. The Morgan fingerprint density at radius 2 is 2.33 bits per heavy atom. The zero-order valence-corrected chi connectivity index (χ0v) is 12.9. The quantitative estimate of drug-likeness (QED) is 0.861. The van der Waals surface area contributed by atoms with Gasteiger partial charge in [-0.05, 0) is 44.0 Å². The van der Waals surface area contributed by atoms with Crippen molar-refractivity contribution in [1.29, 1.82) is 0 Å². The normalized spacial score (nSPS) is 18.2. The molecule has 1 fully saturated rings. The lowest BCUT2D eigenvalue weighted by molar-refractivity contribution is -0.121. The highest BCUT2D eigenvalue weighted by Gasteiger charge is 2.15. The van der Waals surface area contributed by atoms with E-state index in [2.05, 4.69) is 21.7 Å². The van der Waals surface area contributed by atoms with Crippen molar-refractivity contribution in [2.45, 2.75) is 25.7 Å². The topological polar surface area (TPSA) is 54.0 Å². The number of para-hydroxylation sites is 1. The minimum atomic E-state index is 0.169. The van der Waals surface area contributed by atoms with E-state index < -0.39 is 0 Å². The molecule has 1 saturated heterocycles. The van der Waals surface area contributed by atoms with Gasteiger partial charge in [0.15, 0.2) is 0 Å². The first-order valence-electron chi connectivity index (χ1n) is 7.63. The molecule has 3 rings (SSSR count). The lowest BCUT2D eigenvalue weighted by atomic mass is 10.0. The van der Waals surface area contributed by atoms with Crippen molar-refractivity contribution < 1.29 is 4.79 Å². The minimum Gasteiger partial charge on any atom is -0.356 e. The fourth-order valence-corrected chi connectivity index (χ4v) is 3.69. The fraction of sp³-hybridized carbons (Fsp3) is 0.500. The molecular weight excluding hydrogens is 282 g/mol. The molecule has 0 bridgehead atoms. The van der Waals surface area contributed by atoms with E-state index in [4.69, 9.17) is 0 Å². The van der Waals surface area contributed by atoms with Crippen LogP contribution in [0, 0.1) is 5.92 Å². The van der Waals surface area contributed by atoms with Crippen LogP contribution < -0.4 is 10.6 Å². The van der Waals surface area contributed by atoms with E-state index in [0.29, 0.717) is 18.9 Å². The molecule has 5 heteroatoms. The molecule has 1 aromatic carbocycles. The van der Waals surface area contributed by atoms with Gasteiger partial charge >= 0.3 is 0 Å². The number of hydrogen-bond donors (Lipinski definition) is 2. The third kappa shape index (κ3) is 4.02. The van der Waals surface area contributed by atoms with Gasteiger partial charge in [-0.1, -0.05) is 12.1 Å². The number of carbonyl (C=O) groups is 1. The molecule has 1 atom stereocenters.